The van der Waals surface area contributed by atoms with E-state index in [0.717, 1.165) is 5.82 Å². The number of halogens is 1. The van der Waals surface area contributed by atoms with Gasteiger partial charge in [0.2, 0.25) is 5.28 Å². The molecule has 7 nitrogen and oxygen atoms in total. The van der Waals surface area contributed by atoms with Crippen molar-refractivity contribution in [3.05, 3.63) is 23.1 Å². The molecule has 0 fully saturated rings. The Hall–Kier alpha value is -1.89. The Labute approximate surface area is 109 Å². The first-order chi connectivity index (χ1) is 8.49. The van der Waals surface area contributed by atoms with Crippen LogP contribution in [0.4, 0.5) is 11.5 Å². The molecule has 0 saturated carbocycles. The third-order valence-electron chi connectivity index (χ3n) is 2.60. The number of rotatable bonds is 3. The zero-order valence-electron chi connectivity index (χ0n) is 10.3. The average Bonchev–Trinajstić information content (AvgIpc) is 2.71. The number of hydrogen-bond acceptors (Lipinski definition) is 6. The maximum Gasteiger partial charge on any atom is 0.224 e. The molecule has 0 aromatic carbocycles. The number of aromatic nitrogens is 5. The molecule has 0 radical (unpaired) electrons. The number of anilines is 2. The van der Waals surface area contributed by atoms with Crippen molar-refractivity contribution in [2.24, 2.45) is 7.05 Å². The molecule has 0 aliphatic carbocycles. The van der Waals surface area contributed by atoms with Gasteiger partial charge in [0.25, 0.3) is 0 Å². The fourth-order valence-electron chi connectivity index (χ4n) is 1.61. The van der Waals surface area contributed by atoms with Crippen molar-refractivity contribution in [3.63, 3.8) is 0 Å². The summed E-state index contributed by atoms with van der Waals surface area (Å²) in [4.78, 5) is 8.05. The van der Waals surface area contributed by atoms with Crippen LogP contribution in [0.25, 0.3) is 0 Å². The number of nitrogens with two attached hydrogens (primary N) is 1. The molecule has 18 heavy (non-hydrogen) atoms. The molecule has 8 heteroatoms. The van der Waals surface area contributed by atoms with E-state index in [2.05, 4.69) is 25.5 Å². The highest BCUT2D eigenvalue weighted by atomic mass is 35.5. The van der Waals surface area contributed by atoms with Gasteiger partial charge in [0.05, 0.1) is 17.4 Å². The molecular formula is C10H14ClN7. The summed E-state index contributed by atoms with van der Waals surface area (Å²) in [6, 6.07) is -0.0924. The van der Waals surface area contributed by atoms with E-state index >= 15 is 0 Å². The second-order valence-electron chi connectivity index (χ2n) is 4.01. The molecule has 2 heterocycles. The van der Waals surface area contributed by atoms with Crippen molar-refractivity contribution in [2.45, 2.75) is 19.9 Å². The van der Waals surface area contributed by atoms with E-state index in [-0.39, 0.29) is 11.3 Å². The molecular weight excluding hydrogens is 254 g/mol. The van der Waals surface area contributed by atoms with E-state index in [1.165, 1.54) is 0 Å². The van der Waals surface area contributed by atoms with Crippen LogP contribution in [0.2, 0.25) is 5.28 Å². The Morgan fingerprint density at radius 2 is 2.17 bits per heavy atom. The van der Waals surface area contributed by atoms with Crippen molar-refractivity contribution in [3.8, 4) is 0 Å². The maximum absolute atomic E-state index is 5.90. The molecule has 2 aromatic heterocycles. The first kappa shape index (κ1) is 12.6. The standard InChI is InChI=1S/C10H14ClN7/c1-5-7(12)8(16-10(11)15-5)14-6(2)9-17-13-4-18(9)3/h4,6H,12H2,1-3H3,(H,14,15,16). The molecule has 0 bridgehead atoms. The molecule has 2 rings (SSSR count). The van der Waals surface area contributed by atoms with Gasteiger partial charge in [-0.05, 0) is 25.4 Å². The van der Waals surface area contributed by atoms with Gasteiger partial charge in [-0.25, -0.2) is 4.98 Å². The van der Waals surface area contributed by atoms with Crippen molar-refractivity contribution >= 4 is 23.1 Å². The number of hydrogen-bond donors (Lipinski definition) is 2. The largest absolute Gasteiger partial charge is 0.394 e. The number of aryl methyl sites for hydroxylation is 2. The van der Waals surface area contributed by atoms with Gasteiger partial charge >= 0.3 is 0 Å². The van der Waals surface area contributed by atoms with Crippen molar-refractivity contribution in [1.29, 1.82) is 0 Å². The van der Waals surface area contributed by atoms with Crippen LogP contribution >= 0.6 is 11.6 Å². The lowest BCUT2D eigenvalue weighted by molar-refractivity contribution is 0.716. The van der Waals surface area contributed by atoms with Crippen molar-refractivity contribution in [1.82, 2.24) is 24.7 Å². The minimum Gasteiger partial charge on any atom is -0.394 e. The van der Waals surface area contributed by atoms with Gasteiger partial charge in [-0.2, -0.15) is 4.98 Å². The summed E-state index contributed by atoms with van der Waals surface area (Å²) in [5.41, 5.74) is 7.02. The van der Waals surface area contributed by atoms with E-state index in [1.54, 1.807) is 13.3 Å². The third kappa shape index (κ3) is 2.35. The SMILES string of the molecule is Cc1nc(Cl)nc(NC(C)c2nncn2C)c1N. The van der Waals surface area contributed by atoms with Crippen LogP contribution in [0.15, 0.2) is 6.33 Å². The zero-order valence-corrected chi connectivity index (χ0v) is 11.1. The van der Waals surface area contributed by atoms with Crippen LogP contribution in [0.5, 0.6) is 0 Å². The van der Waals surface area contributed by atoms with E-state index in [1.807, 2.05) is 18.5 Å². The Morgan fingerprint density at radius 3 is 2.78 bits per heavy atom. The van der Waals surface area contributed by atoms with Gasteiger partial charge < -0.3 is 15.6 Å². The smallest absolute Gasteiger partial charge is 0.224 e. The molecule has 0 amide bonds. The molecule has 1 atom stereocenters. The summed E-state index contributed by atoms with van der Waals surface area (Å²) >= 11 is 5.81. The predicted octanol–water partition coefficient (Wildman–Crippen LogP) is 1.32. The van der Waals surface area contributed by atoms with Gasteiger partial charge in [0.1, 0.15) is 6.33 Å². The quantitative estimate of drug-likeness (QED) is 0.815. The topological polar surface area (TPSA) is 94.5 Å². The normalized spacial score (nSPS) is 12.4. The molecule has 0 spiro atoms. The lowest BCUT2D eigenvalue weighted by Crippen LogP contribution is -2.15. The molecule has 96 valence electrons. The summed E-state index contributed by atoms with van der Waals surface area (Å²) in [6.07, 6.45) is 1.63. The van der Waals surface area contributed by atoms with Crippen LogP contribution in [0.1, 0.15) is 24.5 Å². The minimum absolute atomic E-state index is 0.0924. The zero-order chi connectivity index (χ0) is 13.3. The average molecular weight is 268 g/mol. The Kier molecular flexibility index (Phi) is 3.33. The summed E-state index contributed by atoms with van der Waals surface area (Å²) in [6.45, 7) is 3.72. The Balaban J connectivity index is 2.27. The van der Waals surface area contributed by atoms with Gasteiger partial charge in [-0.15, -0.1) is 10.2 Å². The lowest BCUT2D eigenvalue weighted by Gasteiger charge is -2.15. The molecule has 2 aromatic rings. The van der Waals surface area contributed by atoms with Gasteiger partial charge in [0, 0.05) is 7.05 Å². The van der Waals surface area contributed by atoms with Gasteiger partial charge in [0.15, 0.2) is 11.6 Å². The van der Waals surface area contributed by atoms with E-state index < -0.39 is 0 Å². The van der Waals surface area contributed by atoms with Crippen LogP contribution in [-0.2, 0) is 7.05 Å². The first-order valence-electron chi connectivity index (χ1n) is 5.39. The van der Waals surface area contributed by atoms with Gasteiger partial charge in [-0.3, -0.25) is 0 Å². The highest BCUT2D eigenvalue weighted by molar-refractivity contribution is 6.28. The van der Waals surface area contributed by atoms with Crippen molar-refractivity contribution < 1.29 is 0 Å². The molecule has 0 aliphatic heterocycles. The van der Waals surface area contributed by atoms with Gasteiger partial charge in [-0.1, -0.05) is 0 Å². The molecule has 0 aliphatic rings. The lowest BCUT2D eigenvalue weighted by atomic mass is 10.3. The Bertz CT molecular complexity index is 565. The van der Waals surface area contributed by atoms with Crippen molar-refractivity contribution in [2.75, 3.05) is 11.1 Å². The number of nitrogens with zero attached hydrogens (tertiary/aromatic N) is 5. The fourth-order valence-corrected chi connectivity index (χ4v) is 1.82. The second kappa shape index (κ2) is 4.77. The first-order valence-corrected chi connectivity index (χ1v) is 5.77. The number of nitrogen functional groups attached to an aromatic ring is 1. The highest BCUT2D eigenvalue weighted by Gasteiger charge is 2.15. The van der Waals surface area contributed by atoms with E-state index in [4.69, 9.17) is 17.3 Å². The summed E-state index contributed by atoms with van der Waals surface area (Å²) < 4.78 is 1.82. The monoisotopic (exact) mass is 267 g/mol. The third-order valence-corrected chi connectivity index (χ3v) is 2.76. The van der Waals surface area contributed by atoms with Crippen LogP contribution in [-0.4, -0.2) is 24.7 Å². The molecule has 1 unspecified atom stereocenters. The highest BCUT2D eigenvalue weighted by Crippen LogP contribution is 2.24. The van der Waals surface area contributed by atoms with E-state index in [0.29, 0.717) is 17.2 Å². The second-order valence-corrected chi connectivity index (χ2v) is 4.34. The number of nitrogens with one attached hydrogen (secondary N) is 1. The molecule has 0 saturated heterocycles. The molecule has 3 N–H and O–H groups in total. The van der Waals surface area contributed by atoms with E-state index in [9.17, 15) is 0 Å². The minimum atomic E-state index is -0.0924. The van der Waals surface area contributed by atoms with Crippen LogP contribution in [0.3, 0.4) is 0 Å². The maximum atomic E-state index is 5.90. The summed E-state index contributed by atoms with van der Waals surface area (Å²) in [5, 5.41) is 11.2. The van der Waals surface area contributed by atoms with Crippen LogP contribution in [0, 0.1) is 6.92 Å². The Morgan fingerprint density at radius 1 is 1.44 bits per heavy atom. The summed E-state index contributed by atoms with van der Waals surface area (Å²) in [7, 11) is 1.87. The fraction of sp³-hybridized carbons (Fsp3) is 0.400. The predicted molar refractivity (Wildman–Crippen MR) is 69.2 cm³/mol. The van der Waals surface area contributed by atoms with Crippen LogP contribution < -0.4 is 11.1 Å². The summed E-state index contributed by atoms with van der Waals surface area (Å²) in [5.74, 6) is 1.28.